The maximum Gasteiger partial charge on any atom is 0.252 e. The van der Waals surface area contributed by atoms with Gasteiger partial charge in [-0.05, 0) is 38.0 Å². The molecule has 1 amide bonds. The second kappa shape index (κ2) is 7.40. The summed E-state index contributed by atoms with van der Waals surface area (Å²) >= 11 is 0. The SMILES string of the molecule is Cc1nn(C)c2nc(C3CC3)cc(C(=O)NCCc3coc(-c4ccccc4)n3)c12. The number of hydrogen-bond acceptors (Lipinski definition) is 5. The predicted molar refractivity (Wildman–Crippen MR) is 113 cm³/mol. The van der Waals surface area contributed by atoms with Gasteiger partial charge in [-0.2, -0.15) is 5.10 Å². The van der Waals surface area contributed by atoms with Crippen LogP contribution in [0.2, 0.25) is 0 Å². The summed E-state index contributed by atoms with van der Waals surface area (Å²) in [4.78, 5) is 22.3. The molecule has 0 spiro atoms. The summed E-state index contributed by atoms with van der Waals surface area (Å²) in [5, 5.41) is 8.32. The van der Waals surface area contributed by atoms with Crippen LogP contribution in [-0.4, -0.2) is 32.2 Å². The molecule has 3 aromatic heterocycles. The van der Waals surface area contributed by atoms with Crippen LogP contribution in [0.15, 0.2) is 47.1 Å². The lowest BCUT2D eigenvalue weighted by Gasteiger charge is -2.08. The summed E-state index contributed by atoms with van der Waals surface area (Å²) in [7, 11) is 1.87. The van der Waals surface area contributed by atoms with Gasteiger partial charge in [-0.3, -0.25) is 9.48 Å². The largest absolute Gasteiger partial charge is 0.444 e. The van der Waals surface area contributed by atoms with Gasteiger partial charge in [0.2, 0.25) is 5.89 Å². The van der Waals surface area contributed by atoms with Crippen molar-refractivity contribution in [2.75, 3.05) is 6.54 Å². The van der Waals surface area contributed by atoms with Crippen LogP contribution in [-0.2, 0) is 13.5 Å². The van der Waals surface area contributed by atoms with Gasteiger partial charge in [0, 0.05) is 37.2 Å². The Kier molecular flexibility index (Phi) is 4.58. The van der Waals surface area contributed by atoms with Crippen LogP contribution in [0.1, 0.15) is 46.2 Å². The average Bonchev–Trinajstić information content (AvgIpc) is 3.44. The van der Waals surface area contributed by atoms with Gasteiger partial charge in [-0.1, -0.05) is 18.2 Å². The van der Waals surface area contributed by atoms with Gasteiger partial charge in [0.25, 0.3) is 5.91 Å². The number of aryl methyl sites for hydroxylation is 2. The van der Waals surface area contributed by atoms with Crippen molar-refractivity contribution in [3.63, 3.8) is 0 Å². The molecule has 1 fully saturated rings. The third-order valence-corrected chi connectivity index (χ3v) is 5.47. The summed E-state index contributed by atoms with van der Waals surface area (Å²) in [5.41, 5.74) is 4.97. The van der Waals surface area contributed by atoms with E-state index in [9.17, 15) is 4.79 Å². The normalized spacial score (nSPS) is 13.7. The molecule has 0 atom stereocenters. The van der Waals surface area contributed by atoms with Crippen LogP contribution in [0.25, 0.3) is 22.5 Å². The van der Waals surface area contributed by atoms with Crippen LogP contribution in [0, 0.1) is 6.92 Å². The number of amides is 1. The molecule has 7 heteroatoms. The Bertz CT molecular complexity index is 1220. The van der Waals surface area contributed by atoms with Crippen molar-refractivity contribution in [3.8, 4) is 11.5 Å². The topological polar surface area (TPSA) is 85.8 Å². The molecule has 3 heterocycles. The number of fused-ring (bicyclic) bond motifs is 1. The number of oxazole rings is 1. The van der Waals surface area contributed by atoms with E-state index < -0.39 is 0 Å². The van der Waals surface area contributed by atoms with Gasteiger partial charge in [0.15, 0.2) is 5.65 Å². The smallest absolute Gasteiger partial charge is 0.252 e. The van der Waals surface area contributed by atoms with E-state index in [0.717, 1.165) is 46.5 Å². The first kappa shape index (κ1) is 18.5. The highest BCUT2D eigenvalue weighted by Crippen LogP contribution is 2.40. The fourth-order valence-electron chi connectivity index (χ4n) is 3.77. The van der Waals surface area contributed by atoms with E-state index in [0.29, 0.717) is 30.3 Å². The summed E-state index contributed by atoms with van der Waals surface area (Å²) in [5.74, 6) is 0.947. The third kappa shape index (κ3) is 3.47. The van der Waals surface area contributed by atoms with Gasteiger partial charge in [-0.25, -0.2) is 9.97 Å². The summed E-state index contributed by atoms with van der Waals surface area (Å²) < 4.78 is 7.33. The van der Waals surface area contributed by atoms with Crippen LogP contribution in [0.5, 0.6) is 0 Å². The lowest BCUT2D eigenvalue weighted by atomic mass is 10.1. The summed E-state index contributed by atoms with van der Waals surface area (Å²) in [6.07, 6.45) is 4.51. The first-order chi connectivity index (χ1) is 14.6. The standard InChI is InChI=1S/C23H23N5O2/c1-14-20-18(12-19(15-8-9-15)26-21(20)28(2)27-14)22(29)24-11-10-17-13-30-23(25-17)16-6-4-3-5-7-16/h3-7,12-13,15H,8-11H2,1-2H3,(H,24,29). The van der Waals surface area contributed by atoms with Crippen molar-refractivity contribution in [2.24, 2.45) is 7.05 Å². The summed E-state index contributed by atoms with van der Waals surface area (Å²) in [6, 6.07) is 11.7. The molecule has 1 aliphatic carbocycles. The molecule has 0 unspecified atom stereocenters. The molecule has 5 rings (SSSR count). The number of nitrogens with one attached hydrogen (secondary N) is 1. The minimum atomic E-state index is -0.104. The number of hydrogen-bond donors (Lipinski definition) is 1. The van der Waals surface area contributed by atoms with Crippen molar-refractivity contribution in [1.29, 1.82) is 0 Å². The number of benzene rings is 1. The highest BCUT2D eigenvalue weighted by molar-refractivity contribution is 6.06. The zero-order valence-corrected chi connectivity index (χ0v) is 17.1. The number of carbonyl (C=O) groups is 1. The minimum absolute atomic E-state index is 0.104. The van der Waals surface area contributed by atoms with E-state index in [1.807, 2.05) is 50.4 Å². The van der Waals surface area contributed by atoms with E-state index >= 15 is 0 Å². The minimum Gasteiger partial charge on any atom is -0.444 e. The Morgan fingerprint density at radius 1 is 1.23 bits per heavy atom. The molecular formula is C23H23N5O2. The van der Waals surface area contributed by atoms with Gasteiger partial charge in [0.1, 0.15) is 6.26 Å². The monoisotopic (exact) mass is 401 g/mol. The fourth-order valence-corrected chi connectivity index (χ4v) is 3.77. The molecule has 0 radical (unpaired) electrons. The Morgan fingerprint density at radius 2 is 2.03 bits per heavy atom. The van der Waals surface area contributed by atoms with E-state index in [1.165, 1.54) is 0 Å². The third-order valence-electron chi connectivity index (χ3n) is 5.47. The Morgan fingerprint density at radius 3 is 2.80 bits per heavy atom. The highest BCUT2D eigenvalue weighted by atomic mass is 16.3. The fraction of sp³-hybridized carbons (Fsp3) is 0.304. The van der Waals surface area contributed by atoms with Crippen molar-refractivity contribution >= 4 is 16.9 Å². The number of carbonyl (C=O) groups excluding carboxylic acids is 1. The van der Waals surface area contributed by atoms with Crippen LogP contribution in [0.3, 0.4) is 0 Å². The lowest BCUT2D eigenvalue weighted by Crippen LogP contribution is -2.26. The first-order valence-corrected chi connectivity index (χ1v) is 10.2. The molecule has 0 aliphatic heterocycles. The van der Waals surface area contributed by atoms with Gasteiger partial charge in [0.05, 0.1) is 22.3 Å². The first-order valence-electron chi connectivity index (χ1n) is 10.2. The van der Waals surface area contributed by atoms with Gasteiger partial charge < -0.3 is 9.73 Å². The summed E-state index contributed by atoms with van der Waals surface area (Å²) in [6.45, 7) is 2.39. The number of rotatable bonds is 6. The second-order valence-electron chi connectivity index (χ2n) is 7.79. The molecule has 1 aromatic carbocycles. The van der Waals surface area contributed by atoms with E-state index in [1.54, 1.807) is 10.9 Å². The van der Waals surface area contributed by atoms with Crippen molar-refractivity contribution in [3.05, 3.63) is 65.3 Å². The molecule has 1 saturated carbocycles. The molecule has 1 aliphatic rings. The van der Waals surface area contributed by atoms with Crippen LogP contribution >= 0.6 is 0 Å². The van der Waals surface area contributed by atoms with Crippen LogP contribution in [0.4, 0.5) is 0 Å². The van der Waals surface area contributed by atoms with Crippen LogP contribution < -0.4 is 5.32 Å². The zero-order chi connectivity index (χ0) is 20.7. The highest BCUT2D eigenvalue weighted by Gasteiger charge is 2.28. The molecule has 0 saturated heterocycles. The van der Waals surface area contributed by atoms with E-state index in [4.69, 9.17) is 9.40 Å². The van der Waals surface area contributed by atoms with Crippen molar-refractivity contribution < 1.29 is 9.21 Å². The van der Waals surface area contributed by atoms with Gasteiger partial charge >= 0.3 is 0 Å². The predicted octanol–water partition coefficient (Wildman–Crippen LogP) is 3.78. The molecule has 152 valence electrons. The molecule has 4 aromatic rings. The Balaban J connectivity index is 1.31. The Labute approximate surface area is 174 Å². The molecule has 30 heavy (non-hydrogen) atoms. The van der Waals surface area contributed by atoms with E-state index in [-0.39, 0.29) is 5.91 Å². The quantitative estimate of drug-likeness (QED) is 0.531. The van der Waals surface area contributed by atoms with Gasteiger partial charge in [-0.15, -0.1) is 0 Å². The maximum atomic E-state index is 13.0. The zero-order valence-electron chi connectivity index (χ0n) is 17.1. The Hall–Kier alpha value is -3.48. The number of aromatic nitrogens is 4. The number of pyridine rings is 1. The maximum absolute atomic E-state index is 13.0. The molecule has 7 nitrogen and oxygen atoms in total. The van der Waals surface area contributed by atoms with Crippen molar-refractivity contribution in [2.45, 2.75) is 32.1 Å². The van der Waals surface area contributed by atoms with E-state index in [2.05, 4.69) is 15.4 Å². The molecular weight excluding hydrogens is 378 g/mol. The molecule has 1 N–H and O–H groups in total. The second-order valence-corrected chi connectivity index (χ2v) is 7.79. The lowest BCUT2D eigenvalue weighted by molar-refractivity contribution is 0.0955. The average molecular weight is 401 g/mol. The van der Waals surface area contributed by atoms with Crippen molar-refractivity contribution in [1.82, 2.24) is 25.1 Å². The number of nitrogens with zero attached hydrogens (tertiary/aromatic N) is 4. The molecule has 0 bridgehead atoms.